The molecule has 8 rings (SSSR count). The van der Waals surface area contributed by atoms with E-state index in [1.807, 2.05) is 0 Å². The molecule has 0 aromatic carbocycles. The Morgan fingerprint density at radius 3 is 0.771 bits per heavy atom. The lowest BCUT2D eigenvalue weighted by molar-refractivity contribution is -0.357. The van der Waals surface area contributed by atoms with Crippen molar-refractivity contribution in [1.29, 1.82) is 0 Å². The summed E-state index contributed by atoms with van der Waals surface area (Å²) in [7, 11) is -35.0. The topological polar surface area (TPSA) is 347 Å². The van der Waals surface area contributed by atoms with Crippen LogP contribution in [0.4, 0.5) is 132 Å². The van der Waals surface area contributed by atoms with Crippen LogP contribution in [0.3, 0.4) is 0 Å². The van der Waals surface area contributed by atoms with E-state index < -0.39 is 260 Å². The van der Waals surface area contributed by atoms with Gasteiger partial charge in [-0.1, -0.05) is 101 Å². The molecule has 12 atom stereocenters. The van der Waals surface area contributed by atoms with Crippen LogP contribution < -0.4 is 0 Å². The molecule has 8 fully saturated rings. The maximum absolute atomic E-state index is 14.0. The first-order chi connectivity index (χ1) is 63.9. The fourth-order valence-electron chi connectivity index (χ4n) is 15.6. The van der Waals surface area contributed by atoms with E-state index in [0.29, 0.717) is 103 Å². The summed E-state index contributed by atoms with van der Waals surface area (Å²) in [6.07, 6.45) is -47.4. The maximum Gasteiger partial charge on any atom is 0.427 e. The summed E-state index contributed by atoms with van der Waals surface area (Å²) in [5.41, 5.74) is -24.7. The van der Waals surface area contributed by atoms with Gasteiger partial charge in [-0.25, -0.2) is 8.37 Å². The molecule has 62 heteroatoms. The van der Waals surface area contributed by atoms with Gasteiger partial charge in [0.05, 0.1) is 42.0 Å². The molecule has 0 aliphatic heterocycles. The van der Waals surface area contributed by atoms with Gasteiger partial charge >= 0.3 is 61.8 Å². The average Bonchev–Trinajstić information content (AvgIpc) is 0.889. The molecular weight excluding hydrogens is 2200 g/mol. The number of hydrogen-bond donors (Lipinski definition) is 0. The van der Waals surface area contributed by atoms with E-state index in [-0.39, 0.29) is 96.3 Å². The smallest absolute Gasteiger partial charge is 0.254 e. The van der Waals surface area contributed by atoms with Crippen LogP contribution in [-0.2, 0) is 114 Å². The minimum Gasteiger partial charge on any atom is -0.254 e. The van der Waals surface area contributed by atoms with Crippen LogP contribution in [0.25, 0.3) is 0 Å². The molecule has 0 saturated heterocycles. The number of hydrogen-bond acceptors (Lipinski definition) is 24. The molecule has 0 N–H and O–H groups in total. The largest absolute Gasteiger partial charge is 0.427 e. The molecular formula is C82H136F30O24S8. The average molecular weight is 2330 g/mol. The Labute approximate surface area is 825 Å². The normalized spacial score (nSPS) is 25.0. The van der Waals surface area contributed by atoms with Crippen LogP contribution in [0.15, 0.2) is 0 Å². The monoisotopic (exact) mass is 2330 g/mol. The molecule has 8 aliphatic rings. The van der Waals surface area contributed by atoms with Crippen molar-refractivity contribution < 1.29 is 233 Å². The van der Waals surface area contributed by atoms with Gasteiger partial charge in [0.15, 0.2) is 33.6 Å². The lowest BCUT2D eigenvalue weighted by atomic mass is 9.49. The zero-order valence-corrected chi connectivity index (χ0v) is 89.8. The lowest BCUT2D eigenvalue weighted by Crippen LogP contribution is -2.67. The highest BCUT2D eigenvalue weighted by Crippen LogP contribution is 2.66. The van der Waals surface area contributed by atoms with Crippen LogP contribution >= 0.6 is 0 Å². The van der Waals surface area contributed by atoms with E-state index >= 15 is 0 Å². The summed E-state index contributed by atoms with van der Waals surface area (Å²) in [6, 6.07) is 0. The number of alkyl halides is 30. The Kier molecular flexibility index (Phi) is 49.8. The molecule has 0 radical (unpaired) electrons. The predicted molar refractivity (Wildman–Crippen MR) is 468 cm³/mol. The van der Waals surface area contributed by atoms with Crippen LogP contribution in [0.2, 0.25) is 0 Å². The van der Waals surface area contributed by atoms with Crippen molar-refractivity contribution in [2.24, 2.45) is 35.5 Å². The molecule has 6 bridgehead atoms. The van der Waals surface area contributed by atoms with Gasteiger partial charge in [-0.3, -0.25) is 25.1 Å². The summed E-state index contributed by atoms with van der Waals surface area (Å²) in [6.45, 7) is 25.8. The van der Waals surface area contributed by atoms with Crippen molar-refractivity contribution in [3.63, 3.8) is 0 Å². The zero-order chi connectivity index (χ0) is 115. The molecule has 866 valence electrons. The third-order valence-corrected chi connectivity index (χ3v) is 42.4. The minimum absolute atomic E-state index is 0.0567. The second kappa shape index (κ2) is 50.8. The molecule has 0 aromatic rings. The van der Waals surface area contributed by atoms with Crippen LogP contribution in [0.5, 0.6) is 0 Å². The molecule has 8 aliphatic carbocycles. The van der Waals surface area contributed by atoms with Gasteiger partial charge in [-0.2, -0.15) is 199 Å². The highest BCUT2D eigenvalue weighted by Gasteiger charge is 2.76. The van der Waals surface area contributed by atoms with E-state index in [0.717, 1.165) is 33.6 Å². The van der Waals surface area contributed by atoms with Gasteiger partial charge in [0, 0.05) is 0 Å². The summed E-state index contributed by atoms with van der Waals surface area (Å²) in [4.78, 5) is 0. The second-order valence-electron chi connectivity index (χ2n) is 38.0. The number of fused-ring (bicyclic) bond motifs is 2. The lowest BCUT2D eigenvalue weighted by Gasteiger charge is -2.60. The third kappa shape index (κ3) is 34.8. The van der Waals surface area contributed by atoms with Crippen molar-refractivity contribution in [1.82, 2.24) is 0 Å². The molecule has 144 heavy (non-hydrogen) atoms. The van der Waals surface area contributed by atoms with Gasteiger partial charge in [-0.15, -0.1) is 0 Å². The Balaban J connectivity index is 0.00000163. The Bertz CT molecular complexity index is 4900. The molecule has 0 amide bonds. The molecule has 24 nitrogen and oxygen atoms in total. The highest BCUT2D eigenvalue weighted by molar-refractivity contribution is 7.89. The van der Waals surface area contributed by atoms with Gasteiger partial charge in [-0.05, 0) is 266 Å². The fourth-order valence-corrected chi connectivity index (χ4v) is 25.9. The summed E-state index contributed by atoms with van der Waals surface area (Å²) in [5, 5.41) is -8.49. The highest BCUT2D eigenvalue weighted by atomic mass is 32.3. The standard InChI is InChI=1S/C15H23F3O3S.C12H19F3O3S.C11H19F3O3S.C10H17F3O3S.C9H14F6O3S.C9H17F3O3S.C8H12F6O3S.C8H15F3O3S/c1-3-9(2)22(19,20)21-14(15(16,17)18)12-5-10-4-11(7-12)8-13(14)6-10;1-3-8(2)19(16,17)18-11(12(13,14)15)7-9-4-5-10(11)6-9;1-3-9(2)18(15,16)17-10(11(12,13)14)7-5-4-6-8-10;1-3-8(2)17(14,15)16-9(10(11,12)13)6-4-5-7-9;1-4-6(3)19(16,17)18-7(5-2,8(10,11)12)9(13,14)15;1-5-7(3)16(13,14)15-8(4,6-2)9(10,11)12;1-4-5(2)18(15,16)17-6(3,7(9,10)11)8(12,13)14;1-5-6(2)15(12,13)14-7(3,4)8(9,10)11/h9-13H,3-8H2,1-2H3;8-10H,3-7H2,1-2H3;9H,3-8H2,1-2H3;8H,3-7H2,1-2H3;6H,4-5H2,1-3H3;7H,5-6H2,1-4H3;5H,4H2,1-3H3;6H,5H2,1-4H3. The quantitative estimate of drug-likeness (QED) is 0.0426. The zero-order valence-electron chi connectivity index (χ0n) is 83.3. The molecule has 0 aromatic heterocycles. The van der Waals surface area contributed by atoms with Crippen molar-refractivity contribution >= 4 is 80.9 Å². The van der Waals surface area contributed by atoms with E-state index in [9.17, 15) is 199 Å². The van der Waals surface area contributed by atoms with Gasteiger partial charge in [0.1, 0.15) is 0 Å². The van der Waals surface area contributed by atoms with Crippen molar-refractivity contribution in [3.8, 4) is 0 Å². The number of rotatable bonds is 34. The summed E-state index contributed by atoms with van der Waals surface area (Å²) < 4.78 is 606. The second-order valence-corrected chi connectivity index (χ2v) is 53.6. The first-order valence-corrected chi connectivity index (χ1v) is 57.9. The Hall–Kier alpha value is -2.82. The van der Waals surface area contributed by atoms with Crippen LogP contribution in [-0.4, -0.2) is 216 Å². The molecule has 8 saturated carbocycles. The Morgan fingerprint density at radius 2 is 0.535 bits per heavy atom. The van der Waals surface area contributed by atoms with Crippen molar-refractivity contribution in [2.45, 2.75) is 481 Å². The third-order valence-electron chi connectivity index (χ3n) is 27.4. The van der Waals surface area contributed by atoms with E-state index in [1.165, 1.54) is 62.3 Å². The van der Waals surface area contributed by atoms with Gasteiger partial charge in [0.2, 0.25) is 0 Å². The molecule has 12 unspecified atom stereocenters. The van der Waals surface area contributed by atoms with Crippen molar-refractivity contribution in [3.05, 3.63) is 0 Å². The fraction of sp³-hybridized carbons (Fsp3) is 1.00. The predicted octanol–water partition coefficient (Wildman–Crippen LogP) is 25.3. The first-order valence-electron chi connectivity index (χ1n) is 46.1. The van der Waals surface area contributed by atoms with Gasteiger partial charge in [0.25, 0.3) is 92.1 Å². The van der Waals surface area contributed by atoms with E-state index in [2.05, 4.69) is 25.1 Å². The number of halogens is 30. The van der Waals surface area contributed by atoms with Crippen LogP contribution in [0.1, 0.15) is 332 Å². The Morgan fingerprint density at radius 1 is 0.264 bits per heavy atom. The minimum atomic E-state index is -5.90. The van der Waals surface area contributed by atoms with E-state index in [1.54, 1.807) is 41.5 Å². The molecule has 0 heterocycles. The maximum atomic E-state index is 14.0. The summed E-state index contributed by atoms with van der Waals surface area (Å²) in [5.74, 6) is -1.55. The van der Waals surface area contributed by atoms with Crippen LogP contribution in [0, 0.1) is 35.5 Å². The first kappa shape index (κ1) is 141. The van der Waals surface area contributed by atoms with Crippen molar-refractivity contribution in [2.75, 3.05) is 0 Å². The van der Waals surface area contributed by atoms with E-state index in [4.69, 9.17) is 8.37 Å². The van der Waals surface area contributed by atoms with Gasteiger partial charge < -0.3 is 0 Å². The summed E-state index contributed by atoms with van der Waals surface area (Å²) >= 11 is 0. The SMILES string of the molecule is CCC(C)S(=O)(=O)OC(C)(C(F)(F)F)C(F)(F)F.CCC(C)S(=O)(=O)OC(C)(C)C(F)(F)F.CCC(C)S(=O)(=O)OC(C)(CC)C(F)(F)F.CCC(C)S(=O)(=O)OC(CC)(C(F)(F)F)C(F)(F)F.CCC(C)S(=O)(=O)OC1(C(F)(F)F)C2CC3CC(C2)CC1C3.CCC(C)S(=O)(=O)OC1(C(F)(F)F)CC2CCC1C2.CCC(C)S(=O)(=O)OC1(C(F)(F)F)CCCC1.CCC(C)S(=O)(=O)OC1(C(F)(F)F)CCCCC1. The molecule has 0 spiro atoms.